The van der Waals surface area contributed by atoms with E-state index in [9.17, 15) is 19.1 Å². The number of likely N-dealkylation sites (tertiary alicyclic amines) is 1. The first-order valence-electron chi connectivity index (χ1n) is 10.4. The summed E-state index contributed by atoms with van der Waals surface area (Å²) in [7, 11) is 0. The number of carbonyl (C=O) groups excluding carboxylic acids is 1. The van der Waals surface area contributed by atoms with E-state index in [1.54, 1.807) is 22.9 Å². The molecule has 0 atom stereocenters. The quantitative estimate of drug-likeness (QED) is 0.404. The molecule has 1 saturated carbocycles. The molecule has 0 spiro atoms. The Balaban J connectivity index is 1.47. The number of amides is 1. The Hall–Kier alpha value is -3.80. The lowest BCUT2D eigenvalue weighted by Gasteiger charge is -2.33. The van der Waals surface area contributed by atoms with Crippen LogP contribution in [-0.2, 0) is 0 Å². The van der Waals surface area contributed by atoms with E-state index in [1.165, 1.54) is 16.2 Å². The van der Waals surface area contributed by atoms with E-state index in [4.69, 9.17) is 9.98 Å². The van der Waals surface area contributed by atoms with Gasteiger partial charge in [0.25, 0.3) is 5.91 Å². The fourth-order valence-corrected chi connectivity index (χ4v) is 4.59. The molecular weight excluding hydrogens is 449 g/mol. The molecule has 6 rings (SSSR count). The zero-order valence-corrected chi connectivity index (χ0v) is 18.0. The maximum atomic E-state index is 13.1. The van der Waals surface area contributed by atoms with Crippen LogP contribution in [0.5, 0.6) is 5.88 Å². The minimum absolute atomic E-state index is 0.129. The molecule has 1 amide bonds. The van der Waals surface area contributed by atoms with Crippen molar-refractivity contribution >= 4 is 29.0 Å². The monoisotopic (exact) mass is 467 g/mol. The molecular formula is C21H18FN7O3S. The molecule has 0 bridgehead atoms. The number of thiophene rings is 1. The van der Waals surface area contributed by atoms with Crippen LogP contribution >= 0.6 is 11.3 Å². The Kier molecular flexibility index (Phi) is 4.43. The van der Waals surface area contributed by atoms with Crippen LogP contribution in [-0.4, -0.2) is 65.8 Å². The number of imidazole rings is 1. The number of aromatic amines is 2. The maximum absolute atomic E-state index is 13.1. The number of H-pyrrole nitrogens is 2. The summed E-state index contributed by atoms with van der Waals surface area (Å²) in [6.07, 6.45) is 4.24. The molecule has 0 aromatic carbocycles. The summed E-state index contributed by atoms with van der Waals surface area (Å²) >= 11 is 1.29. The van der Waals surface area contributed by atoms with Gasteiger partial charge in [-0.05, 0) is 31.1 Å². The molecule has 12 heteroatoms. The lowest BCUT2D eigenvalue weighted by molar-refractivity contribution is 0.0405. The third-order valence-electron chi connectivity index (χ3n) is 5.57. The molecule has 1 aliphatic heterocycles. The second kappa shape index (κ2) is 7.37. The average molecular weight is 467 g/mol. The molecule has 10 nitrogen and oxygen atoms in total. The van der Waals surface area contributed by atoms with Crippen molar-refractivity contribution in [2.45, 2.75) is 25.1 Å². The van der Waals surface area contributed by atoms with Gasteiger partial charge in [0.05, 0.1) is 40.8 Å². The molecule has 5 heterocycles. The van der Waals surface area contributed by atoms with E-state index in [2.05, 4.69) is 15.1 Å². The normalized spacial score (nSPS) is 17.8. The van der Waals surface area contributed by atoms with Crippen molar-refractivity contribution in [2.75, 3.05) is 13.1 Å². The number of alkyl halides is 1. The summed E-state index contributed by atoms with van der Waals surface area (Å²) in [4.78, 5) is 41.1. The molecule has 0 radical (unpaired) electrons. The summed E-state index contributed by atoms with van der Waals surface area (Å²) in [6, 6.07) is 5.62. The number of nitrogens with one attached hydrogen (secondary N) is 2. The number of carbonyl (C=O) groups is 1. The second-order valence-electron chi connectivity index (χ2n) is 8.15. The third kappa shape index (κ3) is 3.61. The van der Waals surface area contributed by atoms with Gasteiger partial charge in [-0.1, -0.05) is 0 Å². The van der Waals surface area contributed by atoms with E-state index >= 15 is 0 Å². The SMILES string of the molecule is O=C(c1ccc(-c2cc(=NC3CC3)n3ncc(=Cc4[nH]c(=O)[nH]c4O)c3n2)s1)N1CC(F)C1. The number of fused-ring (bicyclic) bond motifs is 1. The van der Waals surface area contributed by atoms with E-state index in [0.717, 1.165) is 17.7 Å². The van der Waals surface area contributed by atoms with Crippen LogP contribution in [0.15, 0.2) is 34.2 Å². The van der Waals surface area contributed by atoms with Crippen molar-refractivity contribution in [1.82, 2.24) is 29.5 Å². The Morgan fingerprint density at radius 1 is 1.30 bits per heavy atom. The molecule has 4 aromatic heterocycles. The highest BCUT2D eigenvalue weighted by molar-refractivity contribution is 7.17. The highest BCUT2D eigenvalue weighted by Crippen LogP contribution is 2.29. The Morgan fingerprint density at radius 3 is 2.82 bits per heavy atom. The van der Waals surface area contributed by atoms with E-state index in [1.807, 2.05) is 12.1 Å². The van der Waals surface area contributed by atoms with Gasteiger partial charge < -0.3 is 15.0 Å². The predicted octanol–water partition coefficient (Wildman–Crippen LogP) is 0.585. The summed E-state index contributed by atoms with van der Waals surface area (Å²) in [5, 5.41) is 14.9. The fraction of sp³-hybridized carbons (Fsp3) is 0.286. The predicted molar refractivity (Wildman–Crippen MR) is 118 cm³/mol. The van der Waals surface area contributed by atoms with Crippen LogP contribution in [0, 0.1) is 0 Å². The van der Waals surface area contributed by atoms with E-state index in [-0.39, 0.29) is 36.6 Å². The first-order valence-corrected chi connectivity index (χ1v) is 11.3. The number of aromatic hydroxyl groups is 1. The lowest BCUT2D eigenvalue weighted by atomic mass is 10.2. The molecule has 2 aliphatic rings. The molecule has 1 saturated heterocycles. The smallest absolute Gasteiger partial charge is 0.326 e. The van der Waals surface area contributed by atoms with Crippen LogP contribution in [0.4, 0.5) is 4.39 Å². The van der Waals surface area contributed by atoms with Gasteiger partial charge in [0.15, 0.2) is 11.1 Å². The van der Waals surface area contributed by atoms with Crippen LogP contribution in [0.25, 0.3) is 22.3 Å². The molecule has 0 unspecified atom stereocenters. The van der Waals surface area contributed by atoms with Crippen LogP contribution in [0.1, 0.15) is 28.2 Å². The van der Waals surface area contributed by atoms with Gasteiger partial charge in [0, 0.05) is 11.3 Å². The van der Waals surface area contributed by atoms with Crippen LogP contribution in [0.2, 0.25) is 0 Å². The number of hydrogen-bond acceptors (Lipinski definition) is 7. The topological polar surface area (TPSA) is 132 Å². The number of hydrogen-bond donors (Lipinski definition) is 3. The van der Waals surface area contributed by atoms with Gasteiger partial charge in [-0.25, -0.2) is 14.2 Å². The minimum atomic E-state index is -0.949. The van der Waals surface area contributed by atoms with Crippen LogP contribution in [0.3, 0.4) is 0 Å². The zero-order chi connectivity index (χ0) is 22.7. The minimum Gasteiger partial charge on any atom is -0.493 e. The third-order valence-corrected chi connectivity index (χ3v) is 6.67. The number of aromatic nitrogens is 5. The standard InChI is InChI=1S/C21H18FN7O3S/c22-11-8-28(9-11)20(31)16-4-3-15(33-16)13-6-17(24-12-1-2-12)29-18(25-13)10(7-23-29)5-14-19(30)27-21(32)26-14/h3-7,11-12,30H,1-2,8-9H2,(H2,26,27,32). The first-order chi connectivity index (χ1) is 15.9. The largest absolute Gasteiger partial charge is 0.493 e. The van der Waals surface area contributed by atoms with E-state index in [0.29, 0.717) is 26.9 Å². The highest BCUT2D eigenvalue weighted by atomic mass is 32.1. The summed E-state index contributed by atoms with van der Waals surface area (Å²) in [5.41, 5.74) is 1.45. The Morgan fingerprint density at radius 2 is 2.12 bits per heavy atom. The van der Waals surface area contributed by atoms with Crippen molar-refractivity contribution in [3.63, 3.8) is 0 Å². The van der Waals surface area contributed by atoms with Crippen molar-refractivity contribution in [3.05, 3.63) is 56.2 Å². The molecule has 4 aromatic rings. The number of halogens is 1. The second-order valence-corrected chi connectivity index (χ2v) is 9.24. The summed E-state index contributed by atoms with van der Waals surface area (Å²) in [6.45, 7) is 0.258. The van der Waals surface area contributed by atoms with Gasteiger partial charge in [-0.15, -0.1) is 11.3 Å². The Labute approximate surface area is 188 Å². The maximum Gasteiger partial charge on any atom is 0.326 e. The van der Waals surface area contributed by atoms with Gasteiger partial charge in [-0.2, -0.15) is 9.61 Å². The van der Waals surface area contributed by atoms with Crippen LogP contribution < -0.4 is 16.4 Å². The summed E-state index contributed by atoms with van der Waals surface area (Å²) in [5.74, 6) is -0.462. The number of rotatable bonds is 4. The van der Waals surface area contributed by atoms with Gasteiger partial charge in [-0.3, -0.25) is 14.8 Å². The lowest BCUT2D eigenvalue weighted by Crippen LogP contribution is -2.51. The fourth-order valence-electron chi connectivity index (χ4n) is 3.66. The molecule has 3 N–H and O–H groups in total. The number of nitrogens with zero attached hydrogens (tertiary/aromatic N) is 5. The van der Waals surface area contributed by atoms with Gasteiger partial charge >= 0.3 is 5.69 Å². The molecule has 1 aliphatic carbocycles. The molecule has 168 valence electrons. The first kappa shape index (κ1) is 19.9. The van der Waals surface area contributed by atoms with Gasteiger partial charge in [0.1, 0.15) is 11.9 Å². The van der Waals surface area contributed by atoms with Gasteiger partial charge in [0.2, 0.25) is 5.88 Å². The van der Waals surface area contributed by atoms with Crippen molar-refractivity contribution in [3.8, 4) is 16.5 Å². The average Bonchev–Trinajstić information content (AvgIpc) is 3.16. The van der Waals surface area contributed by atoms with Crippen molar-refractivity contribution in [1.29, 1.82) is 0 Å². The molecule has 2 fully saturated rings. The zero-order valence-electron chi connectivity index (χ0n) is 17.2. The summed E-state index contributed by atoms with van der Waals surface area (Å²) < 4.78 is 14.8. The Bertz CT molecular complexity index is 1570. The van der Waals surface area contributed by atoms with Crippen molar-refractivity contribution < 1.29 is 14.3 Å². The van der Waals surface area contributed by atoms with E-state index < -0.39 is 11.9 Å². The highest BCUT2D eigenvalue weighted by Gasteiger charge is 2.31. The van der Waals surface area contributed by atoms with Crippen molar-refractivity contribution in [2.24, 2.45) is 4.99 Å². The molecule has 33 heavy (non-hydrogen) atoms.